The molecule has 0 spiro atoms. The Morgan fingerprint density at radius 2 is 2.22 bits per heavy atom. The molecule has 5 nitrogen and oxygen atoms in total. The molecule has 1 aliphatic heterocycles. The molecule has 1 aromatic rings. The summed E-state index contributed by atoms with van der Waals surface area (Å²) in [6, 6.07) is 2.90. The van der Waals surface area contributed by atoms with E-state index in [1.165, 1.54) is 38.0 Å². The van der Waals surface area contributed by atoms with E-state index in [4.69, 9.17) is 11.6 Å². The van der Waals surface area contributed by atoms with Crippen molar-refractivity contribution in [3.05, 3.63) is 23.0 Å². The van der Waals surface area contributed by atoms with Gasteiger partial charge >= 0.3 is 0 Å². The Morgan fingerprint density at radius 1 is 1.43 bits per heavy atom. The van der Waals surface area contributed by atoms with Crippen molar-refractivity contribution >= 4 is 17.6 Å². The smallest absolute Gasteiger partial charge is 0.193 e. The Bertz CT molecular complexity index is 563. The van der Waals surface area contributed by atoms with Crippen LogP contribution in [0.3, 0.4) is 0 Å². The normalized spacial score (nSPS) is 22.6. The predicted octanol–water partition coefficient (Wildman–Crippen LogP) is 2.17. The lowest BCUT2D eigenvalue weighted by Crippen LogP contribution is -2.41. The standard InChI is InChI=1S/C17H28ClN5/c1-19-17(22(3)12-16-8-14(18)11-21(16)2)20-9-13-6-7-23(10-13)15-4-5-15/h8,11,13,15H,4-7,9-10,12H2,1-3H3,(H,19,20). The van der Waals surface area contributed by atoms with Crippen molar-refractivity contribution in [2.45, 2.75) is 31.8 Å². The minimum atomic E-state index is 0.741. The molecule has 1 saturated carbocycles. The summed E-state index contributed by atoms with van der Waals surface area (Å²) in [7, 11) is 5.94. The van der Waals surface area contributed by atoms with Crippen LogP contribution in [0.1, 0.15) is 25.0 Å². The van der Waals surface area contributed by atoms with Crippen LogP contribution in [-0.4, -0.2) is 60.1 Å². The van der Waals surface area contributed by atoms with Crippen LogP contribution < -0.4 is 5.32 Å². The van der Waals surface area contributed by atoms with E-state index < -0.39 is 0 Å². The summed E-state index contributed by atoms with van der Waals surface area (Å²) in [6.07, 6.45) is 6.05. The second kappa shape index (κ2) is 7.14. The Labute approximate surface area is 144 Å². The fraction of sp³-hybridized carbons (Fsp3) is 0.706. The number of guanidine groups is 1. The van der Waals surface area contributed by atoms with E-state index in [1.807, 2.05) is 26.4 Å². The second-order valence-corrected chi connectivity index (χ2v) is 7.36. The van der Waals surface area contributed by atoms with Gasteiger partial charge in [-0.25, -0.2) is 0 Å². The van der Waals surface area contributed by atoms with Crippen molar-refractivity contribution in [2.24, 2.45) is 18.0 Å². The Hall–Kier alpha value is -1.20. The van der Waals surface area contributed by atoms with Crippen molar-refractivity contribution in [2.75, 3.05) is 33.7 Å². The fourth-order valence-corrected chi connectivity index (χ4v) is 3.73. The van der Waals surface area contributed by atoms with Crippen molar-refractivity contribution in [3.8, 4) is 0 Å². The average Bonchev–Trinajstić information content (AvgIpc) is 3.17. The van der Waals surface area contributed by atoms with E-state index in [1.54, 1.807) is 0 Å². The highest BCUT2D eigenvalue weighted by molar-refractivity contribution is 6.30. The molecule has 0 aromatic carbocycles. The van der Waals surface area contributed by atoms with Gasteiger partial charge in [0.05, 0.1) is 11.6 Å². The Balaban J connectivity index is 1.48. The lowest BCUT2D eigenvalue weighted by atomic mass is 10.1. The van der Waals surface area contributed by atoms with Gasteiger partial charge < -0.3 is 19.7 Å². The summed E-state index contributed by atoms with van der Waals surface area (Å²) >= 11 is 6.06. The van der Waals surface area contributed by atoms with Crippen molar-refractivity contribution in [1.82, 2.24) is 19.7 Å². The Morgan fingerprint density at radius 3 is 2.83 bits per heavy atom. The first-order valence-electron chi connectivity index (χ1n) is 8.53. The fourth-order valence-electron chi connectivity index (χ4n) is 3.46. The first kappa shape index (κ1) is 16.7. The summed E-state index contributed by atoms with van der Waals surface area (Å²) < 4.78 is 2.07. The molecule has 6 heteroatoms. The molecule has 128 valence electrons. The first-order valence-corrected chi connectivity index (χ1v) is 8.91. The number of halogens is 1. The molecule has 0 radical (unpaired) electrons. The molecular formula is C17H28ClN5. The van der Waals surface area contributed by atoms with E-state index in [-0.39, 0.29) is 0 Å². The lowest BCUT2D eigenvalue weighted by Gasteiger charge is -2.24. The van der Waals surface area contributed by atoms with E-state index >= 15 is 0 Å². The topological polar surface area (TPSA) is 35.8 Å². The zero-order valence-electron chi connectivity index (χ0n) is 14.4. The number of nitrogens with zero attached hydrogens (tertiary/aromatic N) is 4. The van der Waals surface area contributed by atoms with Gasteiger partial charge in [-0.1, -0.05) is 11.6 Å². The summed E-state index contributed by atoms with van der Waals surface area (Å²) in [6.45, 7) is 4.31. The first-order chi connectivity index (χ1) is 11.1. The molecular weight excluding hydrogens is 310 g/mol. The molecule has 2 heterocycles. The third-order valence-corrected chi connectivity index (χ3v) is 5.18. The second-order valence-electron chi connectivity index (χ2n) is 6.93. The highest BCUT2D eigenvalue weighted by atomic mass is 35.5. The molecule has 1 atom stereocenters. The van der Waals surface area contributed by atoms with Gasteiger partial charge in [-0.05, 0) is 37.8 Å². The quantitative estimate of drug-likeness (QED) is 0.660. The monoisotopic (exact) mass is 337 g/mol. The van der Waals surface area contributed by atoms with Gasteiger partial charge in [0.25, 0.3) is 0 Å². The Kier molecular flexibility index (Phi) is 5.17. The SMILES string of the molecule is CN=C(NCC1CCN(C2CC2)C1)N(C)Cc1cc(Cl)cn1C. The van der Waals surface area contributed by atoms with Crippen LogP contribution in [-0.2, 0) is 13.6 Å². The zero-order valence-corrected chi connectivity index (χ0v) is 15.2. The van der Waals surface area contributed by atoms with Gasteiger partial charge in [-0.2, -0.15) is 0 Å². The maximum atomic E-state index is 6.06. The van der Waals surface area contributed by atoms with Gasteiger partial charge in [0, 0.05) is 52.2 Å². The number of hydrogen-bond donors (Lipinski definition) is 1. The van der Waals surface area contributed by atoms with Gasteiger partial charge in [-0.3, -0.25) is 4.99 Å². The third kappa shape index (κ3) is 4.21. The number of likely N-dealkylation sites (tertiary alicyclic amines) is 1. The number of aromatic nitrogens is 1. The summed E-state index contributed by atoms with van der Waals surface area (Å²) in [5.74, 6) is 1.69. The van der Waals surface area contributed by atoms with Crippen LogP contribution in [0.4, 0.5) is 0 Å². The van der Waals surface area contributed by atoms with Crippen LogP contribution in [0.5, 0.6) is 0 Å². The van der Waals surface area contributed by atoms with Gasteiger partial charge in [0.1, 0.15) is 0 Å². The van der Waals surface area contributed by atoms with Gasteiger partial charge in [0.2, 0.25) is 0 Å². The third-order valence-electron chi connectivity index (χ3n) is 4.98. The lowest BCUT2D eigenvalue weighted by molar-refractivity contribution is 0.313. The molecule has 23 heavy (non-hydrogen) atoms. The predicted molar refractivity (Wildman–Crippen MR) is 96.0 cm³/mol. The van der Waals surface area contributed by atoms with Crippen LogP contribution >= 0.6 is 11.6 Å². The van der Waals surface area contributed by atoms with Crippen LogP contribution in [0.25, 0.3) is 0 Å². The molecule has 1 saturated heterocycles. The summed E-state index contributed by atoms with van der Waals surface area (Å²) in [5.41, 5.74) is 1.18. The summed E-state index contributed by atoms with van der Waals surface area (Å²) in [4.78, 5) is 9.23. The number of hydrogen-bond acceptors (Lipinski definition) is 2. The van der Waals surface area contributed by atoms with Crippen molar-refractivity contribution in [1.29, 1.82) is 0 Å². The van der Waals surface area contributed by atoms with Gasteiger partial charge in [-0.15, -0.1) is 0 Å². The molecule has 0 amide bonds. The van der Waals surface area contributed by atoms with Gasteiger partial charge in [0.15, 0.2) is 5.96 Å². The minimum Gasteiger partial charge on any atom is -0.356 e. The molecule has 0 bridgehead atoms. The van der Waals surface area contributed by atoms with E-state index in [9.17, 15) is 0 Å². The number of nitrogens with one attached hydrogen (secondary N) is 1. The zero-order chi connectivity index (χ0) is 16.4. The van der Waals surface area contributed by atoms with Crippen LogP contribution in [0.15, 0.2) is 17.3 Å². The maximum Gasteiger partial charge on any atom is 0.193 e. The average molecular weight is 338 g/mol. The number of rotatable bonds is 5. The highest BCUT2D eigenvalue weighted by Crippen LogP contribution is 2.31. The number of aliphatic imine (C=N–C) groups is 1. The molecule has 2 aliphatic rings. The summed E-state index contributed by atoms with van der Waals surface area (Å²) in [5, 5.41) is 4.33. The van der Waals surface area contributed by atoms with E-state index in [0.717, 1.165) is 36.0 Å². The largest absolute Gasteiger partial charge is 0.356 e. The van der Waals surface area contributed by atoms with E-state index in [2.05, 4.69) is 31.7 Å². The minimum absolute atomic E-state index is 0.741. The van der Waals surface area contributed by atoms with E-state index in [0.29, 0.717) is 0 Å². The molecule has 2 fully saturated rings. The highest BCUT2D eigenvalue weighted by Gasteiger charge is 2.34. The van der Waals surface area contributed by atoms with Crippen LogP contribution in [0.2, 0.25) is 5.02 Å². The molecule has 1 N–H and O–H groups in total. The van der Waals surface area contributed by atoms with Crippen molar-refractivity contribution < 1.29 is 0 Å². The maximum absolute atomic E-state index is 6.06. The molecule has 1 unspecified atom stereocenters. The molecule has 1 aromatic heterocycles. The van der Waals surface area contributed by atoms with Crippen molar-refractivity contribution in [3.63, 3.8) is 0 Å². The molecule has 3 rings (SSSR count). The van der Waals surface area contributed by atoms with Crippen LogP contribution in [0, 0.1) is 5.92 Å². The number of aryl methyl sites for hydroxylation is 1. The molecule has 1 aliphatic carbocycles.